The van der Waals surface area contributed by atoms with Gasteiger partial charge in [0, 0.05) is 6.54 Å². The topological polar surface area (TPSA) is 118 Å². The zero-order valence-corrected chi connectivity index (χ0v) is 16.2. The van der Waals surface area contributed by atoms with Crippen molar-refractivity contribution >= 4 is 42.8 Å². The van der Waals surface area contributed by atoms with Crippen LogP contribution in [0.3, 0.4) is 0 Å². The molecule has 138 valence electrons. The summed E-state index contributed by atoms with van der Waals surface area (Å²) in [5.74, 6) is -0.173. The lowest BCUT2D eigenvalue weighted by Crippen LogP contribution is -2.24. The summed E-state index contributed by atoms with van der Waals surface area (Å²) < 4.78 is 61.3. The van der Waals surface area contributed by atoms with Crippen LogP contribution in [-0.4, -0.2) is 32.6 Å². The fourth-order valence-corrected chi connectivity index (χ4v) is 4.92. The van der Waals surface area contributed by atoms with Gasteiger partial charge in [0.15, 0.2) is 0 Å². The molecule has 1 heterocycles. The van der Waals surface area contributed by atoms with Crippen molar-refractivity contribution in [2.24, 2.45) is 0 Å². The number of rotatable bonds is 7. The minimum absolute atomic E-state index is 0.0315. The van der Waals surface area contributed by atoms with E-state index in [-0.39, 0.29) is 17.2 Å². The molecule has 1 aromatic heterocycles. The molecule has 0 saturated carbocycles. The van der Waals surface area contributed by atoms with Gasteiger partial charge in [-0.15, -0.1) is 0 Å². The molecule has 0 amide bonds. The highest BCUT2D eigenvalue weighted by atomic mass is 32.2. The quantitative estimate of drug-likeness (QED) is 0.602. The maximum absolute atomic E-state index is 12.6. The standard InChI is InChI=1S/C15H16N4O4S3/c1-16-25(20,21)10-12-5-2-4-11(8-12)9-17-26(22,23)14-7-3-6-13-15(14)19-24-18-13/h2-8,16-17H,9-10H2,1H3. The van der Waals surface area contributed by atoms with E-state index < -0.39 is 20.0 Å². The summed E-state index contributed by atoms with van der Waals surface area (Å²) in [5.41, 5.74) is 2.08. The third-order valence-corrected chi connectivity index (χ3v) is 6.97. The number of nitrogens with zero attached hydrogens (tertiary/aromatic N) is 2. The summed E-state index contributed by atoms with van der Waals surface area (Å²) in [6.45, 7) is 0.0315. The molecule has 2 aromatic carbocycles. The summed E-state index contributed by atoms with van der Waals surface area (Å²) in [6, 6.07) is 11.5. The molecule has 0 fully saturated rings. The number of nitrogens with one attached hydrogen (secondary N) is 2. The first-order valence-corrected chi connectivity index (χ1v) is 11.4. The van der Waals surface area contributed by atoms with Gasteiger partial charge in [0.05, 0.1) is 17.5 Å². The minimum atomic E-state index is -3.78. The highest BCUT2D eigenvalue weighted by Crippen LogP contribution is 2.21. The van der Waals surface area contributed by atoms with Crippen molar-refractivity contribution in [2.45, 2.75) is 17.2 Å². The third-order valence-electron chi connectivity index (χ3n) is 3.66. The summed E-state index contributed by atoms with van der Waals surface area (Å²) >= 11 is 0.952. The molecule has 2 N–H and O–H groups in total. The molecule has 26 heavy (non-hydrogen) atoms. The minimum Gasteiger partial charge on any atom is -0.218 e. The average Bonchev–Trinajstić information content (AvgIpc) is 3.08. The maximum atomic E-state index is 12.6. The van der Waals surface area contributed by atoms with Crippen LogP contribution in [0.4, 0.5) is 0 Å². The van der Waals surface area contributed by atoms with Gasteiger partial charge in [-0.25, -0.2) is 26.3 Å². The van der Waals surface area contributed by atoms with Gasteiger partial charge in [-0.05, 0) is 30.3 Å². The average molecular weight is 413 g/mol. The molecule has 3 rings (SSSR count). The van der Waals surface area contributed by atoms with Crippen molar-refractivity contribution < 1.29 is 16.8 Å². The van der Waals surface area contributed by atoms with Gasteiger partial charge in [-0.2, -0.15) is 8.75 Å². The van der Waals surface area contributed by atoms with Crippen LogP contribution in [0.5, 0.6) is 0 Å². The molecule has 8 nitrogen and oxygen atoms in total. The molecule has 0 aliphatic heterocycles. The second-order valence-electron chi connectivity index (χ2n) is 5.50. The Hall–Kier alpha value is -1.92. The predicted molar refractivity (Wildman–Crippen MR) is 99.6 cm³/mol. The molecule has 0 aliphatic carbocycles. The van der Waals surface area contributed by atoms with Gasteiger partial charge >= 0.3 is 0 Å². The number of hydrogen-bond donors (Lipinski definition) is 2. The summed E-state index contributed by atoms with van der Waals surface area (Å²) in [4.78, 5) is 0.0673. The van der Waals surface area contributed by atoms with Crippen LogP contribution in [0.25, 0.3) is 11.0 Å². The molecule has 0 spiro atoms. The Kier molecular flexibility index (Phi) is 5.34. The number of fused-ring (bicyclic) bond motifs is 1. The first-order valence-electron chi connectivity index (χ1n) is 7.51. The molecule has 3 aromatic rings. The lowest BCUT2D eigenvalue weighted by Gasteiger charge is -2.09. The molecule has 0 atom stereocenters. The number of benzene rings is 2. The lowest BCUT2D eigenvalue weighted by atomic mass is 10.1. The third kappa shape index (κ3) is 4.24. The molecule has 0 saturated heterocycles. The zero-order valence-electron chi connectivity index (χ0n) is 13.7. The van der Waals surface area contributed by atoms with E-state index in [1.165, 1.54) is 13.1 Å². The van der Waals surface area contributed by atoms with Crippen LogP contribution >= 0.6 is 11.7 Å². The Morgan fingerprint density at radius 1 is 1.00 bits per heavy atom. The van der Waals surface area contributed by atoms with E-state index in [9.17, 15) is 16.8 Å². The Morgan fingerprint density at radius 3 is 2.50 bits per heavy atom. The molecule has 11 heteroatoms. The van der Waals surface area contributed by atoms with Crippen molar-refractivity contribution in [1.82, 2.24) is 18.2 Å². The van der Waals surface area contributed by atoms with E-state index in [0.29, 0.717) is 22.2 Å². The maximum Gasteiger partial charge on any atom is 0.243 e. The van der Waals surface area contributed by atoms with Gasteiger partial charge in [0.2, 0.25) is 20.0 Å². The Bertz CT molecular complexity index is 1140. The Balaban J connectivity index is 1.79. The predicted octanol–water partition coefficient (Wildman–Crippen LogP) is 1.22. The highest BCUT2D eigenvalue weighted by Gasteiger charge is 2.19. The molecular formula is C15H16N4O4S3. The molecule has 0 bridgehead atoms. The van der Waals surface area contributed by atoms with Crippen LogP contribution < -0.4 is 9.44 Å². The van der Waals surface area contributed by atoms with Crippen LogP contribution in [0.15, 0.2) is 47.4 Å². The van der Waals surface area contributed by atoms with Gasteiger partial charge < -0.3 is 0 Å². The largest absolute Gasteiger partial charge is 0.243 e. The first kappa shape index (κ1) is 18.9. The monoisotopic (exact) mass is 412 g/mol. The Morgan fingerprint density at radius 2 is 1.73 bits per heavy atom. The summed E-state index contributed by atoms with van der Waals surface area (Å²) in [6.07, 6.45) is 0. The second-order valence-corrected chi connectivity index (χ2v) is 9.69. The van der Waals surface area contributed by atoms with E-state index in [2.05, 4.69) is 18.2 Å². The number of aromatic nitrogens is 2. The Labute approximate surface area is 155 Å². The second kappa shape index (κ2) is 7.37. The van der Waals surface area contributed by atoms with E-state index in [0.717, 1.165) is 11.7 Å². The highest BCUT2D eigenvalue weighted by molar-refractivity contribution is 7.89. The van der Waals surface area contributed by atoms with Crippen molar-refractivity contribution in [1.29, 1.82) is 0 Å². The fraction of sp³-hybridized carbons (Fsp3) is 0.200. The van der Waals surface area contributed by atoms with Crippen molar-refractivity contribution in [2.75, 3.05) is 7.05 Å². The molecule has 0 radical (unpaired) electrons. The van der Waals surface area contributed by atoms with Crippen molar-refractivity contribution in [3.05, 3.63) is 53.6 Å². The van der Waals surface area contributed by atoms with E-state index in [1.807, 2.05) is 0 Å². The van der Waals surface area contributed by atoms with Crippen molar-refractivity contribution in [3.63, 3.8) is 0 Å². The fourth-order valence-electron chi connectivity index (χ4n) is 2.38. The van der Waals surface area contributed by atoms with Crippen LogP contribution in [0, 0.1) is 0 Å². The van der Waals surface area contributed by atoms with E-state index in [1.54, 1.807) is 36.4 Å². The van der Waals surface area contributed by atoms with Crippen LogP contribution in [0.2, 0.25) is 0 Å². The van der Waals surface area contributed by atoms with E-state index >= 15 is 0 Å². The van der Waals surface area contributed by atoms with E-state index in [4.69, 9.17) is 0 Å². The lowest BCUT2D eigenvalue weighted by molar-refractivity contribution is 0.581. The van der Waals surface area contributed by atoms with Gasteiger partial charge in [-0.1, -0.05) is 30.3 Å². The smallest absolute Gasteiger partial charge is 0.218 e. The zero-order chi connectivity index (χ0) is 18.8. The van der Waals surface area contributed by atoms with Crippen LogP contribution in [-0.2, 0) is 32.3 Å². The molecule has 0 aliphatic rings. The van der Waals surface area contributed by atoms with Crippen LogP contribution in [0.1, 0.15) is 11.1 Å². The molecule has 0 unspecified atom stereocenters. The normalized spacial score (nSPS) is 12.5. The van der Waals surface area contributed by atoms with Gasteiger partial charge in [-0.3, -0.25) is 0 Å². The molecular weight excluding hydrogens is 396 g/mol. The summed E-state index contributed by atoms with van der Waals surface area (Å²) in [7, 11) is -5.83. The summed E-state index contributed by atoms with van der Waals surface area (Å²) in [5, 5.41) is 0. The number of hydrogen-bond acceptors (Lipinski definition) is 7. The number of sulfonamides is 2. The van der Waals surface area contributed by atoms with Gasteiger partial charge in [0.1, 0.15) is 15.9 Å². The SMILES string of the molecule is CNS(=O)(=O)Cc1cccc(CNS(=O)(=O)c2cccc3nsnc23)c1. The van der Waals surface area contributed by atoms with Crippen molar-refractivity contribution in [3.8, 4) is 0 Å². The first-order chi connectivity index (χ1) is 12.3. The van der Waals surface area contributed by atoms with Gasteiger partial charge in [0.25, 0.3) is 0 Å².